The summed E-state index contributed by atoms with van der Waals surface area (Å²) in [4.78, 5) is 10.2. The van der Waals surface area contributed by atoms with Crippen molar-refractivity contribution in [1.82, 2.24) is 0 Å². The Balaban J connectivity index is 0.000000325. The second-order valence-electron chi connectivity index (χ2n) is 5.33. The van der Waals surface area contributed by atoms with E-state index in [2.05, 4.69) is 38.2 Å². The Morgan fingerprint density at radius 3 is 2.29 bits per heavy atom. The van der Waals surface area contributed by atoms with Gasteiger partial charge >= 0.3 is 5.97 Å². The predicted molar refractivity (Wildman–Crippen MR) is 72.8 cm³/mol. The quantitative estimate of drug-likeness (QED) is 0.672. The third-order valence-electron chi connectivity index (χ3n) is 2.51. The second-order valence-corrected chi connectivity index (χ2v) is 5.33. The van der Waals surface area contributed by atoms with E-state index in [0.717, 1.165) is 6.42 Å². The Morgan fingerprint density at radius 2 is 2.00 bits per heavy atom. The third kappa shape index (κ3) is 7.78. The van der Waals surface area contributed by atoms with Crippen LogP contribution in [0.3, 0.4) is 0 Å². The number of hydrogen-bond donors (Lipinski definition) is 0. The van der Waals surface area contributed by atoms with Crippen LogP contribution in [0.25, 0.3) is 0 Å². The molecular weight excluding hydrogens is 212 g/mol. The first-order valence-corrected chi connectivity index (χ1v) is 6.31. The Kier molecular flexibility index (Phi) is 6.86. The molecule has 98 valence electrons. The molecule has 0 amide bonds. The van der Waals surface area contributed by atoms with Crippen LogP contribution in [0.1, 0.15) is 53.9 Å². The lowest BCUT2D eigenvalue weighted by Crippen LogP contribution is -2.15. The van der Waals surface area contributed by atoms with Crippen molar-refractivity contribution >= 4 is 5.97 Å². The van der Waals surface area contributed by atoms with E-state index in [1.54, 1.807) is 13.8 Å². The van der Waals surface area contributed by atoms with Gasteiger partial charge in [0.2, 0.25) is 0 Å². The van der Waals surface area contributed by atoms with E-state index in [1.807, 2.05) is 0 Å². The van der Waals surface area contributed by atoms with Gasteiger partial charge < -0.3 is 4.74 Å². The van der Waals surface area contributed by atoms with Gasteiger partial charge in [-0.2, -0.15) is 0 Å². The lowest BCUT2D eigenvalue weighted by Gasteiger charge is -2.29. The van der Waals surface area contributed by atoms with Crippen molar-refractivity contribution in [3.63, 3.8) is 0 Å². The summed E-state index contributed by atoms with van der Waals surface area (Å²) in [7, 11) is 0. The summed E-state index contributed by atoms with van der Waals surface area (Å²) in [5.41, 5.74) is 3.21. The maximum atomic E-state index is 10.2. The first kappa shape index (κ1) is 16.0. The van der Waals surface area contributed by atoms with Crippen molar-refractivity contribution in [2.75, 3.05) is 6.61 Å². The lowest BCUT2D eigenvalue weighted by atomic mass is 9.76. The second kappa shape index (κ2) is 7.31. The summed E-state index contributed by atoms with van der Waals surface area (Å²) in [6, 6.07) is 0. The zero-order valence-corrected chi connectivity index (χ0v) is 11.9. The van der Waals surface area contributed by atoms with Crippen molar-refractivity contribution in [3.05, 3.63) is 23.8 Å². The lowest BCUT2D eigenvalue weighted by molar-refractivity contribution is -0.142. The van der Waals surface area contributed by atoms with Gasteiger partial charge in [-0.1, -0.05) is 44.6 Å². The van der Waals surface area contributed by atoms with E-state index in [4.69, 9.17) is 0 Å². The van der Waals surface area contributed by atoms with Crippen molar-refractivity contribution in [1.29, 1.82) is 0 Å². The van der Waals surface area contributed by atoms with E-state index in [1.165, 1.54) is 17.6 Å². The molecule has 0 aromatic heterocycles. The molecule has 0 aliphatic heterocycles. The molecule has 0 bridgehead atoms. The molecule has 0 aromatic rings. The van der Waals surface area contributed by atoms with E-state index >= 15 is 0 Å². The zero-order chi connectivity index (χ0) is 13.5. The predicted octanol–water partition coefficient (Wildman–Crippen LogP) is 4.27. The minimum absolute atomic E-state index is 0.123. The molecule has 0 atom stereocenters. The molecule has 0 saturated carbocycles. The van der Waals surface area contributed by atoms with Gasteiger partial charge in [-0.3, -0.25) is 4.79 Å². The van der Waals surface area contributed by atoms with Gasteiger partial charge in [0.25, 0.3) is 0 Å². The van der Waals surface area contributed by atoms with E-state index in [9.17, 15) is 4.79 Å². The molecule has 0 radical (unpaired) electrons. The van der Waals surface area contributed by atoms with E-state index in [-0.39, 0.29) is 5.97 Å². The first-order valence-electron chi connectivity index (χ1n) is 6.31. The van der Waals surface area contributed by atoms with Crippen molar-refractivity contribution in [3.8, 4) is 0 Å². The van der Waals surface area contributed by atoms with E-state index < -0.39 is 0 Å². The standard InChI is InChI=1S/C10H16.C5H10O2/c1-8-5-9(2)7-10(3,4)6-8;1-3-5(6)7-4-2/h5H,1,6-7H2,2-4H3;3-4H2,1-2H3. The fraction of sp³-hybridized carbons (Fsp3) is 0.667. The summed E-state index contributed by atoms with van der Waals surface area (Å²) in [5.74, 6) is -0.123. The van der Waals surface area contributed by atoms with Crippen LogP contribution in [0.2, 0.25) is 0 Å². The maximum absolute atomic E-state index is 10.2. The smallest absolute Gasteiger partial charge is 0.305 e. The Hall–Kier alpha value is -1.05. The Morgan fingerprint density at radius 1 is 1.41 bits per heavy atom. The highest BCUT2D eigenvalue weighted by atomic mass is 16.5. The van der Waals surface area contributed by atoms with Crippen LogP contribution in [0.15, 0.2) is 23.8 Å². The molecule has 1 aliphatic rings. The highest BCUT2D eigenvalue weighted by Gasteiger charge is 2.22. The van der Waals surface area contributed by atoms with Gasteiger partial charge in [-0.25, -0.2) is 0 Å². The molecule has 2 nitrogen and oxygen atoms in total. The van der Waals surface area contributed by atoms with Gasteiger partial charge in [0.05, 0.1) is 6.61 Å². The number of carbonyl (C=O) groups excluding carboxylic acids is 1. The molecule has 0 spiro atoms. The Bertz CT molecular complexity index is 298. The van der Waals surface area contributed by atoms with Crippen molar-refractivity contribution in [2.24, 2.45) is 5.41 Å². The fourth-order valence-electron chi connectivity index (χ4n) is 2.15. The third-order valence-corrected chi connectivity index (χ3v) is 2.51. The van der Waals surface area contributed by atoms with Gasteiger partial charge in [-0.05, 0) is 32.1 Å². The molecule has 2 heteroatoms. The molecule has 1 aliphatic carbocycles. The largest absolute Gasteiger partial charge is 0.466 e. The molecule has 0 unspecified atom stereocenters. The van der Waals surface area contributed by atoms with E-state index in [0.29, 0.717) is 18.4 Å². The first-order chi connectivity index (χ1) is 7.80. The van der Waals surface area contributed by atoms with Crippen LogP contribution in [-0.4, -0.2) is 12.6 Å². The average Bonchev–Trinajstić information content (AvgIpc) is 2.14. The van der Waals surface area contributed by atoms with Crippen molar-refractivity contribution < 1.29 is 9.53 Å². The summed E-state index contributed by atoms with van der Waals surface area (Å²) in [5, 5.41) is 0. The van der Waals surface area contributed by atoms with Crippen LogP contribution >= 0.6 is 0 Å². The normalized spacial score (nSPS) is 17.7. The molecule has 0 saturated heterocycles. The molecule has 0 N–H and O–H groups in total. The molecule has 1 rings (SSSR count). The topological polar surface area (TPSA) is 26.3 Å². The van der Waals surface area contributed by atoms with Crippen LogP contribution in [0.4, 0.5) is 0 Å². The minimum Gasteiger partial charge on any atom is -0.466 e. The van der Waals surface area contributed by atoms with Gasteiger partial charge in [0.15, 0.2) is 0 Å². The maximum Gasteiger partial charge on any atom is 0.305 e. The Labute approximate surface area is 106 Å². The van der Waals surface area contributed by atoms with Crippen LogP contribution in [-0.2, 0) is 9.53 Å². The van der Waals surface area contributed by atoms with Gasteiger partial charge in [0.1, 0.15) is 0 Å². The summed E-state index contributed by atoms with van der Waals surface area (Å²) in [6.45, 7) is 14.8. The zero-order valence-electron chi connectivity index (χ0n) is 11.9. The van der Waals surface area contributed by atoms with Crippen molar-refractivity contribution in [2.45, 2.75) is 53.9 Å². The highest BCUT2D eigenvalue weighted by molar-refractivity contribution is 5.68. The van der Waals surface area contributed by atoms with Crippen LogP contribution in [0.5, 0.6) is 0 Å². The summed E-state index contributed by atoms with van der Waals surface area (Å²) in [6.07, 6.45) is 5.08. The number of esters is 1. The molecule has 0 fully saturated rings. The van der Waals surface area contributed by atoms with Gasteiger partial charge in [0, 0.05) is 6.42 Å². The molecule has 0 aromatic carbocycles. The number of rotatable bonds is 2. The fourth-order valence-corrected chi connectivity index (χ4v) is 2.15. The number of hydrogen-bond acceptors (Lipinski definition) is 2. The summed E-state index contributed by atoms with van der Waals surface area (Å²) < 4.78 is 4.55. The SMILES string of the molecule is C=C1C=C(C)CC(C)(C)C1.CCOC(=O)CC. The molecule has 17 heavy (non-hydrogen) atoms. The minimum atomic E-state index is -0.123. The molecular formula is C15H26O2. The average molecular weight is 238 g/mol. The van der Waals surface area contributed by atoms with Crippen LogP contribution in [0, 0.1) is 5.41 Å². The number of ether oxygens (including phenoxy) is 1. The monoisotopic (exact) mass is 238 g/mol. The number of carbonyl (C=O) groups is 1. The molecule has 0 heterocycles. The van der Waals surface area contributed by atoms with Crippen LogP contribution < -0.4 is 0 Å². The highest BCUT2D eigenvalue weighted by Crippen LogP contribution is 2.36. The van der Waals surface area contributed by atoms with Gasteiger partial charge in [-0.15, -0.1) is 0 Å². The summed E-state index contributed by atoms with van der Waals surface area (Å²) >= 11 is 0. The number of allylic oxidation sites excluding steroid dienone is 3.